The van der Waals surface area contributed by atoms with Crippen molar-refractivity contribution in [3.8, 4) is 22.7 Å². The summed E-state index contributed by atoms with van der Waals surface area (Å²) in [4.78, 5) is 13.0. The van der Waals surface area contributed by atoms with Gasteiger partial charge in [0.15, 0.2) is 0 Å². The van der Waals surface area contributed by atoms with Crippen LogP contribution in [0.4, 0.5) is 0 Å². The van der Waals surface area contributed by atoms with Gasteiger partial charge in [-0.2, -0.15) is 5.10 Å². The Morgan fingerprint density at radius 3 is 2.53 bits per heavy atom. The zero-order valence-corrected chi connectivity index (χ0v) is 19.7. The Balaban J connectivity index is 1.63. The third-order valence-corrected chi connectivity index (χ3v) is 6.70. The molecule has 4 aromatic rings. The largest absolute Gasteiger partial charge is 0.497 e. The number of hydrogen-bond donors (Lipinski definition) is 0. The number of methoxy groups -OCH3 is 1. The summed E-state index contributed by atoms with van der Waals surface area (Å²) in [5.74, 6) is 0.192. The number of para-hydroxylation sites is 1. The van der Waals surface area contributed by atoms with Crippen LogP contribution in [0.5, 0.6) is 5.75 Å². The van der Waals surface area contributed by atoms with Gasteiger partial charge in [-0.05, 0) is 36.4 Å². The van der Waals surface area contributed by atoms with Gasteiger partial charge in [-0.3, -0.25) is 0 Å². The van der Waals surface area contributed by atoms with Crippen molar-refractivity contribution >= 4 is 16.0 Å². The number of esters is 1. The number of nitrogens with zero attached hydrogens (tertiary/aromatic N) is 3. The Hall–Kier alpha value is -3.89. The zero-order chi connectivity index (χ0) is 24.3. The summed E-state index contributed by atoms with van der Waals surface area (Å²) in [7, 11) is 0.648. The molecular formula is C24H23N3O6S. The summed E-state index contributed by atoms with van der Waals surface area (Å²) < 4.78 is 43.2. The van der Waals surface area contributed by atoms with E-state index >= 15 is 0 Å². The summed E-state index contributed by atoms with van der Waals surface area (Å²) in [6, 6.07) is 19.4. The maximum absolute atomic E-state index is 13.0. The molecule has 9 nitrogen and oxygen atoms in total. The molecule has 0 aliphatic carbocycles. The molecule has 0 unspecified atom stereocenters. The van der Waals surface area contributed by atoms with Crippen LogP contribution in [0.2, 0.25) is 0 Å². The van der Waals surface area contributed by atoms with Gasteiger partial charge in [-0.25, -0.2) is 22.2 Å². The van der Waals surface area contributed by atoms with E-state index in [1.165, 1.54) is 26.2 Å². The number of carbonyl (C=O) groups excluding carboxylic acids is 1. The molecule has 2 heterocycles. The van der Waals surface area contributed by atoms with Gasteiger partial charge in [0.1, 0.15) is 29.4 Å². The number of sulfonamides is 1. The molecule has 0 aliphatic rings. The molecule has 2 aromatic carbocycles. The highest BCUT2D eigenvalue weighted by molar-refractivity contribution is 7.88. The first-order valence-corrected chi connectivity index (χ1v) is 11.7. The highest BCUT2D eigenvalue weighted by Crippen LogP contribution is 2.28. The molecule has 0 aliphatic heterocycles. The average Bonchev–Trinajstić information content (AvgIpc) is 3.51. The van der Waals surface area contributed by atoms with Gasteiger partial charge in [-0.1, -0.05) is 30.3 Å². The second-order valence-electron chi connectivity index (χ2n) is 7.49. The van der Waals surface area contributed by atoms with Crippen LogP contribution in [0.15, 0.2) is 82.4 Å². The van der Waals surface area contributed by atoms with E-state index < -0.39 is 16.0 Å². The number of rotatable bonds is 8. The number of ether oxygens (including phenoxy) is 2. The Kier molecular flexibility index (Phi) is 6.53. The van der Waals surface area contributed by atoms with Crippen molar-refractivity contribution in [1.29, 1.82) is 0 Å². The fourth-order valence-electron chi connectivity index (χ4n) is 3.19. The van der Waals surface area contributed by atoms with E-state index in [4.69, 9.17) is 13.9 Å². The molecule has 2 aromatic heterocycles. The minimum atomic E-state index is -3.72. The summed E-state index contributed by atoms with van der Waals surface area (Å²) in [6.07, 6.45) is 1.59. The van der Waals surface area contributed by atoms with Gasteiger partial charge in [0, 0.05) is 25.9 Å². The van der Waals surface area contributed by atoms with Gasteiger partial charge >= 0.3 is 5.97 Å². The fraction of sp³-hybridized carbons (Fsp3) is 0.167. The SMILES string of the molecule is COc1cccc(-c2nn(-c3ccccc3)cc2C(=O)OCc2ccc(S(=O)(=O)N(C)C)o2)c1. The van der Waals surface area contributed by atoms with Crippen LogP contribution >= 0.6 is 0 Å². The summed E-state index contributed by atoms with van der Waals surface area (Å²) in [5, 5.41) is 4.39. The summed E-state index contributed by atoms with van der Waals surface area (Å²) >= 11 is 0. The molecule has 0 atom stereocenters. The van der Waals surface area contributed by atoms with Crippen molar-refractivity contribution in [2.45, 2.75) is 11.7 Å². The van der Waals surface area contributed by atoms with Gasteiger partial charge in [0.05, 0.1) is 12.8 Å². The first-order chi connectivity index (χ1) is 16.3. The highest BCUT2D eigenvalue weighted by Gasteiger charge is 2.23. The number of furan rings is 1. The van der Waals surface area contributed by atoms with Crippen molar-refractivity contribution in [3.63, 3.8) is 0 Å². The minimum Gasteiger partial charge on any atom is -0.497 e. The van der Waals surface area contributed by atoms with Crippen molar-refractivity contribution < 1.29 is 27.1 Å². The zero-order valence-electron chi connectivity index (χ0n) is 18.8. The molecule has 0 N–H and O–H groups in total. The third kappa shape index (κ3) is 4.73. The van der Waals surface area contributed by atoms with Gasteiger partial charge < -0.3 is 13.9 Å². The molecule has 0 saturated carbocycles. The van der Waals surface area contributed by atoms with Crippen molar-refractivity contribution in [2.75, 3.05) is 21.2 Å². The maximum Gasteiger partial charge on any atom is 0.342 e. The van der Waals surface area contributed by atoms with Crippen LogP contribution in [-0.2, 0) is 21.4 Å². The Labute approximate surface area is 197 Å². The minimum absolute atomic E-state index is 0.201. The van der Waals surface area contributed by atoms with Gasteiger partial charge in [0.2, 0.25) is 5.09 Å². The first kappa shape index (κ1) is 23.3. The lowest BCUT2D eigenvalue weighted by Gasteiger charge is -2.08. The number of aromatic nitrogens is 2. The van der Waals surface area contributed by atoms with E-state index in [1.54, 1.807) is 36.2 Å². The molecule has 0 bridgehead atoms. The smallest absolute Gasteiger partial charge is 0.342 e. The maximum atomic E-state index is 13.0. The van der Waals surface area contributed by atoms with Crippen LogP contribution in [0.1, 0.15) is 16.1 Å². The van der Waals surface area contributed by atoms with Crippen molar-refractivity contribution in [2.24, 2.45) is 0 Å². The quantitative estimate of drug-likeness (QED) is 0.353. The van der Waals surface area contributed by atoms with Gasteiger partial charge in [0.25, 0.3) is 10.0 Å². The Morgan fingerprint density at radius 2 is 1.82 bits per heavy atom. The molecule has 0 saturated heterocycles. The molecule has 4 rings (SSSR count). The summed E-state index contributed by atoms with van der Waals surface area (Å²) in [5.41, 5.74) is 2.11. The van der Waals surface area contributed by atoms with E-state index in [0.717, 1.165) is 9.99 Å². The lowest BCUT2D eigenvalue weighted by molar-refractivity contribution is 0.0441. The highest BCUT2D eigenvalue weighted by atomic mass is 32.2. The predicted octanol–water partition coefficient (Wildman–Crippen LogP) is 3.75. The number of carbonyl (C=O) groups is 1. The van der Waals surface area contributed by atoms with E-state index in [2.05, 4.69) is 5.10 Å². The van der Waals surface area contributed by atoms with Crippen LogP contribution in [0.3, 0.4) is 0 Å². The molecular weight excluding hydrogens is 458 g/mol. The van der Waals surface area contributed by atoms with E-state index in [-0.39, 0.29) is 23.0 Å². The molecule has 0 spiro atoms. The monoisotopic (exact) mass is 481 g/mol. The molecule has 0 amide bonds. The Bertz CT molecular complexity index is 1410. The Morgan fingerprint density at radius 1 is 1.06 bits per heavy atom. The normalized spacial score (nSPS) is 11.5. The van der Waals surface area contributed by atoms with Crippen LogP contribution in [0.25, 0.3) is 16.9 Å². The second kappa shape index (κ2) is 9.54. The third-order valence-electron chi connectivity index (χ3n) is 5.02. The average molecular weight is 482 g/mol. The molecule has 0 fully saturated rings. The van der Waals surface area contributed by atoms with Crippen LogP contribution in [0, 0.1) is 0 Å². The molecule has 34 heavy (non-hydrogen) atoms. The molecule has 176 valence electrons. The lowest BCUT2D eigenvalue weighted by atomic mass is 10.1. The number of benzene rings is 2. The summed E-state index contributed by atoms with van der Waals surface area (Å²) in [6.45, 7) is -0.240. The van der Waals surface area contributed by atoms with Crippen LogP contribution < -0.4 is 4.74 Å². The van der Waals surface area contributed by atoms with Crippen molar-refractivity contribution in [3.05, 3.63) is 84.3 Å². The molecule has 0 radical (unpaired) electrons. The van der Waals surface area contributed by atoms with E-state index in [0.29, 0.717) is 17.0 Å². The van der Waals surface area contributed by atoms with E-state index in [1.807, 2.05) is 36.4 Å². The fourth-order valence-corrected chi connectivity index (χ4v) is 4.00. The topological polar surface area (TPSA) is 104 Å². The van der Waals surface area contributed by atoms with Crippen LogP contribution in [-0.4, -0.2) is 49.7 Å². The molecule has 10 heteroatoms. The first-order valence-electron chi connectivity index (χ1n) is 10.3. The number of hydrogen-bond acceptors (Lipinski definition) is 7. The van der Waals surface area contributed by atoms with E-state index in [9.17, 15) is 13.2 Å². The van der Waals surface area contributed by atoms with Gasteiger partial charge in [-0.15, -0.1) is 0 Å². The standard InChI is InChI=1S/C24H23N3O6S/c1-26(2)34(29,30)22-13-12-20(33-22)16-32-24(28)21-15-27(18-9-5-4-6-10-18)25-23(21)17-8-7-11-19(14-17)31-3/h4-15H,16H2,1-3H3. The second-order valence-corrected chi connectivity index (χ2v) is 9.57. The predicted molar refractivity (Wildman–Crippen MR) is 124 cm³/mol. The van der Waals surface area contributed by atoms with Crippen molar-refractivity contribution in [1.82, 2.24) is 14.1 Å². The lowest BCUT2D eigenvalue weighted by Crippen LogP contribution is -2.21.